The Balaban J connectivity index is 2.62. The number of carbonyl (C=O) groups excluding carboxylic acids is 1. The highest BCUT2D eigenvalue weighted by Crippen LogP contribution is 2.25. The topological polar surface area (TPSA) is 53.3 Å². The number of methoxy groups -OCH3 is 1. The zero-order valence-corrected chi connectivity index (χ0v) is 10.5. The maximum atomic E-state index is 11.0. The van der Waals surface area contributed by atoms with Crippen molar-refractivity contribution in [3.63, 3.8) is 0 Å². The van der Waals surface area contributed by atoms with Gasteiger partial charge in [0.25, 0.3) is 0 Å². The average molecular weight is 253 g/mol. The third kappa shape index (κ3) is 3.65. The monoisotopic (exact) mass is 252 g/mol. The van der Waals surface area contributed by atoms with Crippen LogP contribution in [-0.2, 0) is 11.2 Å². The molecule has 0 fully saturated rings. The Morgan fingerprint density at radius 2 is 2.29 bits per heavy atom. The summed E-state index contributed by atoms with van der Waals surface area (Å²) in [4.78, 5) is 12.4. The molecule has 0 bridgehead atoms. The summed E-state index contributed by atoms with van der Waals surface area (Å²) >= 11 is 5.98. The summed E-state index contributed by atoms with van der Waals surface area (Å²) in [7, 11) is 3.15. The molecule has 90 valence electrons. The van der Waals surface area contributed by atoms with Gasteiger partial charge in [-0.15, -0.1) is 0 Å². The van der Waals surface area contributed by atoms with E-state index in [4.69, 9.17) is 21.6 Å². The number of carbonyl (C=O) groups is 1. The number of amides is 1. The summed E-state index contributed by atoms with van der Waals surface area (Å²) in [6.07, 6.45) is 0.646. The molecule has 0 radical (unpaired) electrons. The van der Waals surface area contributed by atoms with Crippen LogP contribution in [0.3, 0.4) is 0 Å². The molecule has 0 unspecified atom stereocenters. The van der Waals surface area contributed by atoms with Crippen molar-refractivity contribution >= 4 is 17.5 Å². The molecule has 1 rings (SSSR count). The zero-order valence-electron chi connectivity index (χ0n) is 9.74. The first-order valence-electron chi connectivity index (χ1n) is 5.06. The van der Waals surface area contributed by atoms with Crippen molar-refractivity contribution in [3.05, 3.63) is 28.8 Å². The Kier molecular flexibility index (Phi) is 4.80. The van der Waals surface area contributed by atoms with E-state index in [0.29, 0.717) is 23.7 Å². The largest absolute Gasteiger partial charge is 0.495 e. The summed E-state index contributed by atoms with van der Waals surface area (Å²) in [5.74, 6) is 0.0847. The van der Waals surface area contributed by atoms with E-state index in [0.717, 1.165) is 5.56 Å². The van der Waals surface area contributed by atoms with Gasteiger partial charge in [0, 0.05) is 13.6 Å². The van der Waals surface area contributed by atoms with Gasteiger partial charge in [-0.2, -0.15) is 5.26 Å². The fraction of sp³-hybridized carbons (Fsp3) is 0.333. The van der Waals surface area contributed by atoms with Crippen molar-refractivity contribution in [1.29, 1.82) is 5.26 Å². The maximum Gasteiger partial charge on any atom is 0.324 e. The Morgan fingerprint density at radius 3 is 2.82 bits per heavy atom. The van der Waals surface area contributed by atoms with E-state index < -0.39 is 5.91 Å². The summed E-state index contributed by atoms with van der Waals surface area (Å²) in [5.41, 5.74) is 0.994. The number of ether oxygens (including phenoxy) is 1. The van der Waals surface area contributed by atoms with Crippen LogP contribution in [0.15, 0.2) is 18.2 Å². The SMILES string of the molecule is COc1ccc(CCN(C)C(=O)C#N)cc1Cl. The molecule has 4 nitrogen and oxygen atoms in total. The quantitative estimate of drug-likeness (QED) is 0.769. The lowest BCUT2D eigenvalue weighted by Gasteiger charge is -2.13. The second kappa shape index (κ2) is 6.12. The molecule has 1 amide bonds. The van der Waals surface area contributed by atoms with Crippen LogP contribution >= 0.6 is 11.6 Å². The van der Waals surface area contributed by atoms with Gasteiger partial charge in [0.15, 0.2) is 6.07 Å². The first-order chi connectivity index (χ1) is 8.08. The maximum absolute atomic E-state index is 11.0. The fourth-order valence-electron chi connectivity index (χ4n) is 1.35. The number of benzene rings is 1. The Hall–Kier alpha value is -1.73. The van der Waals surface area contributed by atoms with Crippen molar-refractivity contribution in [2.24, 2.45) is 0 Å². The number of hydrogen-bond donors (Lipinski definition) is 0. The van der Waals surface area contributed by atoms with Crippen molar-refractivity contribution in [2.45, 2.75) is 6.42 Å². The van der Waals surface area contributed by atoms with E-state index in [-0.39, 0.29) is 0 Å². The summed E-state index contributed by atoms with van der Waals surface area (Å²) in [5, 5.41) is 8.98. The van der Waals surface area contributed by atoms with Crippen LogP contribution in [0.4, 0.5) is 0 Å². The fourth-order valence-corrected chi connectivity index (χ4v) is 1.63. The van der Waals surface area contributed by atoms with Gasteiger partial charge in [-0.25, -0.2) is 0 Å². The first kappa shape index (κ1) is 13.3. The molecule has 17 heavy (non-hydrogen) atoms. The molecule has 0 N–H and O–H groups in total. The van der Waals surface area contributed by atoms with Crippen LogP contribution in [0, 0.1) is 11.3 Å². The van der Waals surface area contributed by atoms with Crippen molar-refractivity contribution in [2.75, 3.05) is 20.7 Å². The van der Waals surface area contributed by atoms with Crippen LogP contribution in [0.25, 0.3) is 0 Å². The number of nitrogens with zero attached hydrogens (tertiary/aromatic N) is 2. The molecule has 0 aliphatic heterocycles. The first-order valence-corrected chi connectivity index (χ1v) is 5.44. The Labute approximate surface area is 105 Å². The van der Waals surface area contributed by atoms with Crippen LogP contribution in [0.1, 0.15) is 5.56 Å². The van der Waals surface area contributed by atoms with Crippen LogP contribution in [0.2, 0.25) is 5.02 Å². The van der Waals surface area contributed by atoms with Gasteiger partial charge >= 0.3 is 5.91 Å². The van der Waals surface area contributed by atoms with Crippen LogP contribution in [-0.4, -0.2) is 31.5 Å². The Morgan fingerprint density at radius 1 is 1.59 bits per heavy atom. The second-order valence-electron chi connectivity index (χ2n) is 3.56. The Bertz CT molecular complexity index is 454. The molecule has 0 spiro atoms. The predicted molar refractivity (Wildman–Crippen MR) is 65.0 cm³/mol. The molecule has 0 aromatic heterocycles. The predicted octanol–water partition coefficient (Wildman–Crippen LogP) is 1.87. The summed E-state index contributed by atoms with van der Waals surface area (Å²) in [6.45, 7) is 0.481. The number of halogens is 1. The van der Waals surface area contributed by atoms with E-state index in [1.54, 1.807) is 32.4 Å². The second-order valence-corrected chi connectivity index (χ2v) is 3.96. The number of hydrogen-bond acceptors (Lipinski definition) is 3. The van der Waals surface area contributed by atoms with Crippen molar-refractivity contribution in [1.82, 2.24) is 4.90 Å². The molecule has 0 aliphatic rings. The normalized spacial score (nSPS) is 9.53. The zero-order chi connectivity index (χ0) is 12.8. The summed E-state index contributed by atoms with van der Waals surface area (Å²) in [6, 6.07) is 7.03. The smallest absolute Gasteiger partial charge is 0.324 e. The number of likely N-dealkylation sites (N-methyl/N-ethyl adjacent to an activating group) is 1. The van der Waals surface area contributed by atoms with Gasteiger partial charge in [-0.05, 0) is 24.1 Å². The molecule has 0 saturated heterocycles. The van der Waals surface area contributed by atoms with E-state index in [1.165, 1.54) is 4.90 Å². The molecule has 1 aromatic carbocycles. The van der Waals surface area contributed by atoms with Gasteiger partial charge in [-0.3, -0.25) is 4.79 Å². The number of nitriles is 1. The van der Waals surface area contributed by atoms with Crippen LogP contribution < -0.4 is 4.74 Å². The van der Waals surface area contributed by atoms with E-state index >= 15 is 0 Å². The summed E-state index contributed by atoms with van der Waals surface area (Å²) < 4.78 is 5.04. The van der Waals surface area contributed by atoms with Gasteiger partial charge in [-0.1, -0.05) is 17.7 Å². The van der Waals surface area contributed by atoms with Gasteiger partial charge < -0.3 is 9.64 Å². The molecule has 0 aliphatic carbocycles. The lowest BCUT2D eigenvalue weighted by Crippen LogP contribution is -2.27. The lowest BCUT2D eigenvalue weighted by atomic mass is 10.1. The number of rotatable bonds is 4. The minimum Gasteiger partial charge on any atom is -0.495 e. The minimum atomic E-state index is -0.537. The highest BCUT2D eigenvalue weighted by atomic mass is 35.5. The lowest BCUT2D eigenvalue weighted by molar-refractivity contribution is -0.124. The molecular weight excluding hydrogens is 240 g/mol. The van der Waals surface area contributed by atoms with Gasteiger partial charge in [0.1, 0.15) is 5.75 Å². The van der Waals surface area contributed by atoms with Crippen LogP contribution in [0.5, 0.6) is 5.75 Å². The molecular formula is C12H13ClN2O2. The standard InChI is InChI=1S/C12H13ClN2O2/c1-15(12(16)8-14)6-5-9-3-4-11(17-2)10(13)7-9/h3-4,7H,5-6H2,1-2H3. The third-order valence-corrected chi connectivity index (χ3v) is 2.69. The third-order valence-electron chi connectivity index (χ3n) is 2.39. The van der Waals surface area contributed by atoms with Crippen molar-refractivity contribution in [3.8, 4) is 11.8 Å². The van der Waals surface area contributed by atoms with E-state index in [2.05, 4.69) is 0 Å². The molecule has 0 heterocycles. The highest BCUT2D eigenvalue weighted by molar-refractivity contribution is 6.32. The molecule has 0 saturated carbocycles. The van der Waals surface area contributed by atoms with Crippen molar-refractivity contribution < 1.29 is 9.53 Å². The highest BCUT2D eigenvalue weighted by Gasteiger charge is 2.07. The molecule has 5 heteroatoms. The van der Waals surface area contributed by atoms with Gasteiger partial charge in [0.2, 0.25) is 0 Å². The van der Waals surface area contributed by atoms with E-state index in [9.17, 15) is 4.79 Å². The molecule has 1 aromatic rings. The average Bonchev–Trinajstić information content (AvgIpc) is 2.35. The molecule has 0 atom stereocenters. The van der Waals surface area contributed by atoms with Gasteiger partial charge in [0.05, 0.1) is 12.1 Å². The van der Waals surface area contributed by atoms with E-state index in [1.807, 2.05) is 6.07 Å². The minimum absolute atomic E-state index is 0.481.